The summed E-state index contributed by atoms with van der Waals surface area (Å²) in [5, 5.41) is 17.3. The number of carboxylic acids is 1. The molecule has 0 saturated heterocycles. The largest absolute Gasteiger partial charge is 0.481 e. The van der Waals surface area contributed by atoms with Crippen LogP contribution in [0.4, 0.5) is 0 Å². The van der Waals surface area contributed by atoms with Gasteiger partial charge in [-0.3, -0.25) is 9.48 Å². The van der Waals surface area contributed by atoms with Crippen LogP contribution >= 0.6 is 11.8 Å². The zero-order valence-corrected chi connectivity index (χ0v) is 13.0. The summed E-state index contributed by atoms with van der Waals surface area (Å²) in [5.74, 6) is -0.455. The first-order valence-electron chi connectivity index (χ1n) is 6.82. The Labute approximate surface area is 127 Å². The van der Waals surface area contributed by atoms with Gasteiger partial charge in [0.15, 0.2) is 5.16 Å². The molecule has 21 heavy (non-hydrogen) atoms. The van der Waals surface area contributed by atoms with Gasteiger partial charge in [-0.2, -0.15) is 0 Å². The molecule has 114 valence electrons. The normalized spacial score (nSPS) is 11.2. The summed E-state index contributed by atoms with van der Waals surface area (Å²) in [7, 11) is 0. The number of carboxylic acid groups (broad SMARTS) is 1. The number of hydrogen-bond acceptors (Lipinski definition) is 5. The summed E-state index contributed by atoms with van der Waals surface area (Å²) in [6, 6.07) is 0. The molecule has 1 N–H and O–H groups in total. The van der Waals surface area contributed by atoms with Crippen LogP contribution < -0.4 is 0 Å². The number of nitrogens with zero attached hydrogens (tertiary/aromatic N) is 5. The molecule has 2 heterocycles. The number of hydrogen-bond donors (Lipinski definition) is 1. The molecule has 0 aromatic carbocycles. The summed E-state index contributed by atoms with van der Waals surface area (Å²) >= 11 is 1.26. The number of aliphatic carboxylic acids is 1. The van der Waals surface area contributed by atoms with Gasteiger partial charge in [0.05, 0.1) is 11.9 Å². The Bertz CT molecular complexity index is 579. The van der Waals surface area contributed by atoms with E-state index in [1.54, 1.807) is 10.9 Å². The quantitative estimate of drug-likeness (QED) is 0.749. The van der Waals surface area contributed by atoms with Gasteiger partial charge >= 0.3 is 5.97 Å². The van der Waals surface area contributed by atoms with Crippen LogP contribution in [0.3, 0.4) is 0 Å². The summed E-state index contributed by atoms with van der Waals surface area (Å²) in [5.41, 5.74) is 1.13. The van der Waals surface area contributed by atoms with E-state index in [2.05, 4.69) is 33.7 Å². The summed E-state index contributed by atoms with van der Waals surface area (Å²) in [6.45, 7) is 5.78. The Morgan fingerprint density at radius 3 is 2.86 bits per heavy atom. The number of aryl methyl sites for hydroxylation is 1. The molecule has 0 aliphatic rings. The summed E-state index contributed by atoms with van der Waals surface area (Å²) in [4.78, 5) is 15.1. The van der Waals surface area contributed by atoms with Gasteiger partial charge in [0.25, 0.3) is 0 Å². The standard InChI is InChI=1S/C13H19N5O2S/c1-10(2)11-8-14-13(21-9-12(19)20)18(11)6-3-5-17-7-4-15-16-17/h4,7-8,10H,3,5-6,9H2,1-2H3,(H,19,20). The molecule has 2 aromatic rings. The zero-order valence-electron chi connectivity index (χ0n) is 12.1. The van der Waals surface area contributed by atoms with Crippen molar-refractivity contribution in [1.82, 2.24) is 24.5 Å². The molecule has 0 amide bonds. The molecular weight excluding hydrogens is 290 g/mol. The van der Waals surface area contributed by atoms with E-state index in [-0.39, 0.29) is 5.75 Å². The lowest BCUT2D eigenvalue weighted by molar-refractivity contribution is -0.133. The molecule has 0 bridgehead atoms. The highest BCUT2D eigenvalue weighted by Gasteiger charge is 2.14. The minimum Gasteiger partial charge on any atom is -0.481 e. The minimum atomic E-state index is -0.830. The second-order valence-corrected chi connectivity index (χ2v) is 5.92. The summed E-state index contributed by atoms with van der Waals surface area (Å²) < 4.78 is 3.89. The molecule has 0 radical (unpaired) electrons. The van der Waals surface area contributed by atoms with Crippen LogP contribution in [-0.4, -0.2) is 41.4 Å². The second kappa shape index (κ2) is 7.26. The fraction of sp³-hybridized carbons (Fsp3) is 0.538. The van der Waals surface area contributed by atoms with Gasteiger partial charge in [-0.15, -0.1) is 5.10 Å². The fourth-order valence-electron chi connectivity index (χ4n) is 2.04. The average Bonchev–Trinajstić information content (AvgIpc) is 3.05. The highest BCUT2D eigenvalue weighted by molar-refractivity contribution is 7.99. The third-order valence-electron chi connectivity index (χ3n) is 3.01. The molecule has 0 saturated carbocycles. The van der Waals surface area contributed by atoms with Gasteiger partial charge in [-0.05, 0) is 12.3 Å². The summed E-state index contributed by atoms with van der Waals surface area (Å²) in [6.07, 6.45) is 6.21. The van der Waals surface area contributed by atoms with Crippen LogP contribution in [0.25, 0.3) is 0 Å². The third kappa shape index (κ3) is 4.32. The number of imidazole rings is 1. The fourth-order valence-corrected chi connectivity index (χ4v) is 2.77. The second-order valence-electron chi connectivity index (χ2n) is 4.97. The first-order valence-corrected chi connectivity index (χ1v) is 7.80. The van der Waals surface area contributed by atoms with Crippen molar-refractivity contribution in [1.29, 1.82) is 0 Å². The monoisotopic (exact) mass is 309 g/mol. The van der Waals surface area contributed by atoms with Gasteiger partial charge in [-0.25, -0.2) is 4.98 Å². The van der Waals surface area contributed by atoms with Crippen molar-refractivity contribution in [2.24, 2.45) is 0 Å². The first kappa shape index (κ1) is 15.6. The van der Waals surface area contributed by atoms with Crippen LogP contribution in [-0.2, 0) is 17.9 Å². The molecule has 0 fully saturated rings. The maximum absolute atomic E-state index is 10.7. The van der Waals surface area contributed by atoms with Gasteiger partial charge in [-0.1, -0.05) is 30.8 Å². The Morgan fingerprint density at radius 1 is 1.43 bits per heavy atom. The van der Waals surface area contributed by atoms with Crippen LogP contribution in [0, 0.1) is 0 Å². The predicted molar refractivity (Wildman–Crippen MR) is 79.3 cm³/mol. The molecule has 0 atom stereocenters. The number of thioether (sulfide) groups is 1. The van der Waals surface area contributed by atoms with Gasteiger partial charge in [0.2, 0.25) is 0 Å². The van der Waals surface area contributed by atoms with E-state index in [1.807, 2.05) is 12.4 Å². The van der Waals surface area contributed by atoms with Crippen LogP contribution in [0.5, 0.6) is 0 Å². The van der Waals surface area contributed by atoms with Crippen molar-refractivity contribution >= 4 is 17.7 Å². The van der Waals surface area contributed by atoms with Crippen molar-refractivity contribution in [3.63, 3.8) is 0 Å². The van der Waals surface area contributed by atoms with E-state index in [0.29, 0.717) is 5.92 Å². The van der Waals surface area contributed by atoms with E-state index < -0.39 is 5.97 Å². The topological polar surface area (TPSA) is 85.8 Å². The van der Waals surface area contributed by atoms with Crippen molar-refractivity contribution in [2.75, 3.05) is 5.75 Å². The van der Waals surface area contributed by atoms with Crippen LogP contribution in [0.1, 0.15) is 31.9 Å². The molecule has 8 heteroatoms. The van der Waals surface area contributed by atoms with E-state index in [1.165, 1.54) is 11.8 Å². The van der Waals surface area contributed by atoms with E-state index >= 15 is 0 Å². The molecule has 2 aromatic heterocycles. The Balaban J connectivity index is 2.03. The molecular formula is C13H19N5O2S. The van der Waals surface area contributed by atoms with Crippen molar-refractivity contribution in [3.8, 4) is 0 Å². The Hall–Kier alpha value is -1.83. The lowest BCUT2D eigenvalue weighted by Gasteiger charge is -2.13. The molecule has 0 aliphatic carbocycles. The molecule has 0 aliphatic heterocycles. The average molecular weight is 309 g/mol. The highest BCUT2D eigenvalue weighted by Crippen LogP contribution is 2.23. The molecule has 2 rings (SSSR count). The predicted octanol–water partition coefficient (Wildman–Crippen LogP) is 1.86. The van der Waals surface area contributed by atoms with Crippen molar-refractivity contribution in [2.45, 2.75) is 44.4 Å². The van der Waals surface area contributed by atoms with E-state index in [9.17, 15) is 4.79 Å². The van der Waals surface area contributed by atoms with Crippen molar-refractivity contribution < 1.29 is 9.90 Å². The van der Waals surface area contributed by atoms with Gasteiger partial charge < -0.3 is 9.67 Å². The molecule has 7 nitrogen and oxygen atoms in total. The zero-order chi connectivity index (χ0) is 15.2. The Kier molecular flexibility index (Phi) is 5.38. The maximum atomic E-state index is 10.7. The third-order valence-corrected chi connectivity index (χ3v) is 3.98. The van der Waals surface area contributed by atoms with E-state index in [4.69, 9.17) is 5.11 Å². The molecule has 0 unspecified atom stereocenters. The number of aromatic nitrogens is 5. The van der Waals surface area contributed by atoms with Gasteiger partial charge in [0.1, 0.15) is 0 Å². The lowest BCUT2D eigenvalue weighted by Crippen LogP contribution is -2.10. The lowest BCUT2D eigenvalue weighted by atomic mass is 10.1. The van der Waals surface area contributed by atoms with Crippen LogP contribution in [0.2, 0.25) is 0 Å². The minimum absolute atomic E-state index is 0.0254. The smallest absolute Gasteiger partial charge is 0.313 e. The van der Waals surface area contributed by atoms with E-state index in [0.717, 1.165) is 30.4 Å². The van der Waals surface area contributed by atoms with Gasteiger partial charge in [0, 0.05) is 31.2 Å². The number of carbonyl (C=O) groups is 1. The first-order chi connectivity index (χ1) is 10.1. The number of rotatable bonds is 8. The molecule has 0 spiro atoms. The van der Waals surface area contributed by atoms with Crippen molar-refractivity contribution in [3.05, 3.63) is 24.3 Å². The SMILES string of the molecule is CC(C)c1cnc(SCC(=O)O)n1CCCn1ccnn1. The highest BCUT2D eigenvalue weighted by atomic mass is 32.2. The Morgan fingerprint density at radius 2 is 2.24 bits per heavy atom. The maximum Gasteiger partial charge on any atom is 0.313 e. The van der Waals surface area contributed by atoms with Crippen LogP contribution in [0.15, 0.2) is 23.7 Å².